The number of carboxylic acid groups (broad SMARTS) is 1. The van der Waals surface area contributed by atoms with Gasteiger partial charge in [-0.25, -0.2) is 10.7 Å². The van der Waals surface area contributed by atoms with Gasteiger partial charge in [-0.05, 0) is 5.41 Å². The van der Waals surface area contributed by atoms with Crippen molar-refractivity contribution in [3.63, 3.8) is 0 Å². The Morgan fingerprint density at radius 2 is 2.17 bits per heavy atom. The van der Waals surface area contributed by atoms with Gasteiger partial charge in [-0.3, -0.25) is 0 Å². The summed E-state index contributed by atoms with van der Waals surface area (Å²) in [5.74, 6) is 4.87. The van der Waals surface area contributed by atoms with Crippen molar-refractivity contribution in [1.82, 2.24) is 5.32 Å². The second-order valence-electron chi connectivity index (χ2n) is 3.70. The first-order chi connectivity index (χ1) is 5.38. The lowest BCUT2D eigenvalue weighted by atomic mass is 9.87. The fourth-order valence-corrected chi connectivity index (χ4v) is 0.753. The van der Waals surface area contributed by atoms with Crippen LogP contribution in [0.3, 0.4) is 0 Å². The van der Waals surface area contributed by atoms with Crippen molar-refractivity contribution in [1.29, 1.82) is 0 Å². The predicted octanol–water partition coefficient (Wildman–Crippen LogP) is 0.559. The minimum absolute atomic E-state index is 0.176. The molecule has 0 saturated heterocycles. The Balaban J connectivity index is 4.13. The van der Waals surface area contributed by atoms with Gasteiger partial charge in [0, 0.05) is 0 Å². The van der Waals surface area contributed by atoms with E-state index in [2.05, 4.69) is 10.2 Å². The molecule has 0 fully saturated rings. The molecule has 0 aromatic carbocycles. The zero-order valence-electron chi connectivity index (χ0n) is 7.63. The van der Waals surface area contributed by atoms with Crippen molar-refractivity contribution in [3.8, 4) is 0 Å². The molecule has 12 heavy (non-hydrogen) atoms. The third kappa shape index (κ3) is 4.15. The fraction of sp³-hybridized carbons (Fsp3) is 0.857. The Labute approximate surface area is 71.8 Å². The standard InChI is InChI=1S/C7H16N2O3/c1-7(2,3)5(4-12-8)9-6(10)11/h5,9H,4,8H2,1-3H3,(H,10,11). The van der Waals surface area contributed by atoms with Crippen molar-refractivity contribution in [3.05, 3.63) is 0 Å². The molecule has 4 N–H and O–H groups in total. The normalized spacial score (nSPS) is 14.0. The van der Waals surface area contributed by atoms with E-state index in [-0.39, 0.29) is 18.1 Å². The molecule has 72 valence electrons. The summed E-state index contributed by atoms with van der Waals surface area (Å²) in [6.07, 6.45) is -1.06. The minimum atomic E-state index is -1.06. The van der Waals surface area contributed by atoms with Crippen LogP contribution in [0.15, 0.2) is 0 Å². The molecule has 0 bridgehead atoms. The summed E-state index contributed by atoms with van der Waals surface area (Å²) >= 11 is 0. The van der Waals surface area contributed by atoms with E-state index >= 15 is 0 Å². The summed E-state index contributed by atoms with van der Waals surface area (Å²) in [6, 6.07) is -0.292. The Kier molecular flexibility index (Phi) is 3.99. The fourth-order valence-electron chi connectivity index (χ4n) is 0.753. The van der Waals surface area contributed by atoms with Gasteiger partial charge in [-0.15, -0.1) is 0 Å². The third-order valence-electron chi connectivity index (χ3n) is 1.61. The molecule has 0 saturated carbocycles. The lowest BCUT2D eigenvalue weighted by molar-refractivity contribution is 0.0746. The van der Waals surface area contributed by atoms with E-state index in [9.17, 15) is 4.79 Å². The number of rotatable bonds is 3. The van der Waals surface area contributed by atoms with Gasteiger partial charge in [-0.2, -0.15) is 0 Å². The quantitative estimate of drug-likeness (QED) is 0.548. The van der Waals surface area contributed by atoms with Crippen LogP contribution >= 0.6 is 0 Å². The summed E-state index contributed by atoms with van der Waals surface area (Å²) < 4.78 is 0. The predicted molar refractivity (Wildman–Crippen MR) is 44.5 cm³/mol. The number of amides is 1. The molecule has 5 heteroatoms. The van der Waals surface area contributed by atoms with Crippen LogP contribution in [0, 0.1) is 5.41 Å². The molecule has 0 aromatic rings. The van der Waals surface area contributed by atoms with Crippen molar-refractivity contribution >= 4 is 6.09 Å². The average molecular weight is 176 g/mol. The zero-order chi connectivity index (χ0) is 9.78. The number of carbonyl (C=O) groups is 1. The molecule has 0 aliphatic heterocycles. The van der Waals surface area contributed by atoms with Gasteiger partial charge in [0.15, 0.2) is 0 Å². The topological polar surface area (TPSA) is 84.6 Å². The Hall–Kier alpha value is -0.810. The highest BCUT2D eigenvalue weighted by molar-refractivity contribution is 5.64. The van der Waals surface area contributed by atoms with Gasteiger partial charge in [0.05, 0.1) is 12.6 Å². The Bertz CT molecular complexity index is 153. The van der Waals surface area contributed by atoms with Crippen LogP contribution in [-0.2, 0) is 4.84 Å². The molecule has 1 unspecified atom stereocenters. The smallest absolute Gasteiger partial charge is 0.404 e. The van der Waals surface area contributed by atoms with Crippen molar-refractivity contribution in [2.45, 2.75) is 26.8 Å². The highest BCUT2D eigenvalue weighted by atomic mass is 16.6. The second-order valence-corrected chi connectivity index (χ2v) is 3.70. The maximum atomic E-state index is 10.3. The maximum Gasteiger partial charge on any atom is 0.404 e. The van der Waals surface area contributed by atoms with Gasteiger partial charge < -0.3 is 15.3 Å². The van der Waals surface area contributed by atoms with Crippen LogP contribution in [0.1, 0.15) is 20.8 Å². The molecule has 0 radical (unpaired) electrons. The van der Waals surface area contributed by atoms with Gasteiger partial charge in [0.1, 0.15) is 0 Å². The van der Waals surface area contributed by atoms with E-state index in [0.29, 0.717) is 0 Å². The van der Waals surface area contributed by atoms with Crippen molar-refractivity contribution in [2.75, 3.05) is 6.61 Å². The molecule has 1 atom stereocenters. The molecule has 0 aliphatic rings. The highest BCUT2D eigenvalue weighted by Gasteiger charge is 2.26. The largest absolute Gasteiger partial charge is 0.465 e. The van der Waals surface area contributed by atoms with Crippen molar-refractivity contribution < 1.29 is 14.7 Å². The Morgan fingerprint density at radius 1 is 1.67 bits per heavy atom. The second kappa shape index (κ2) is 4.27. The van der Waals surface area contributed by atoms with Crippen LogP contribution in [0.4, 0.5) is 4.79 Å². The number of hydrogen-bond acceptors (Lipinski definition) is 3. The van der Waals surface area contributed by atoms with E-state index in [0.717, 1.165) is 0 Å². The Morgan fingerprint density at radius 3 is 2.42 bits per heavy atom. The van der Waals surface area contributed by atoms with Crippen LogP contribution in [-0.4, -0.2) is 23.8 Å². The van der Waals surface area contributed by atoms with E-state index in [1.165, 1.54) is 0 Å². The average Bonchev–Trinajstić information content (AvgIpc) is 1.83. The maximum absolute atomic E-state index is 10.3. The van der Waals surface area contributed by atoms with Crippen LogP contribution < -0.4 is 11.2 Å². The molecule has 0 aliphatic carbocycles. The first kappa shape index (κ1) is 11.2. The summed E-state index contributed by atoms with van der Waals surface area (Å²) in [6.45, 7) is 5.90. The molecule has 0 rings (SSSR count). The van der Waals surface area contributed by atoms with E-state index < -0.39 is 6.09 Å². The first-order valence-electron chi connectivity index (χ1n) is 3.69. The molecule has 0 aromatic heterocycles. The number of nitrogens with one attached hydrogen (secondary N) is 1. The number of nitrogens with two attached hydrogens (primary N) is 1. The van der Waals surface area contributed by atoms with Gasteiger partial charge in [0.25, 0.3) is 0 Å². The van der Waals surface area contributed by atoms with E-state index in [4.69, 9.17) is 11.0 Å². The van der Waals surface area contributed by atoms with Crippen LogP contribution in [0.25, 0.3) is 0 Å². The summed E-state index contributed by atoms with van der Waals surface area (Å²) in [5, 5.41) is 10.8. The molecular weight excluding hydrogens is 160 g/mol. The van der Waals surface area contributed by atoms with Gasteiger partial charge >= 0.3 is 6.09 Å². The van der Waals surface area contributed by atoms with Gasteiger partial charge in [-0.1, -0.05) is 20.8 Å². The minimum Gasteiger partial charge on any atom is -0.465 e. The number of hydrogen-bond donors (Lipinski definition) is 3. The van der Waals surface area contributed by atoms with Gasteiger partial charge in [0.2, 0.25) is 0 Å². The molecule has 5 nitrogen and oxygen atoms in total. The summed E-state index contributed by atoms with van der Waals surface area (Å²) in [4.78, 5) is 14.7. The highest BCUT2D eigenvalue weighted by Crippen LogP contribution is 2.18. The molecule has 0 spiro atoms. The zero-order valence-corrected chi connectivity index (χ0v) is 7.63. The van der Waals surface area contributed by atoms with Crippen LogP contribution in [0.2, 0.25) is 0 Å². The lowest BCUT2D eigenvalue weighted by Crippen LogP contribution is -2.46. The molecular formula is C7H16N2O3. The van der Waals surface area contributed by atoms with E-state index in [1.807, 2.05) is 20.8 Å². The summed E-state index contributed by atoms with van der Waals surface area (Å²) in [7, 11) is 0. The van der Waals surface area contributed by atoms with Crippen molar-refractivity contribution in [2.24, 2.45) is 11.3 Å². The lowest BCUT2D eigenvalue weighted by Gasteiger charge is -2.29. The summed E-state index contributed by atoms with van der Waals surface area (Å²) in [5.41, 5.74) is -0.197. The molecule has 0 heterocycles. The monoisotopic (exact) mass is 176 g/mol. The molecule has 1 amide bonds. The van der Waals surface area contributed by atoms with Crippen LogP contribution in [0.5, 0.6) is 0 Å². The van der Waals surface area contributed by atoms with E-state index in [1.54, 1.807) is 0 Å². The third-order valence-corrected chi connectivity index (χ3v) is 1.61. The first-order valence-corrected chi connectivity index (χ1v) is 3.69. The SMILES string of the molecule is CC(C)(C)C(CON)NC(=O)O.